The van der Waals surface area contributed by atoms with Crippen LogP contribution in [0.25, 0.3) is 11.1 Å². The monoisotopic (exact) mass is 320 g/mol. The molecular weight excluding hydrogens is 300 g/mol. The highest BCUT2D eigenvalue weighted by molar-refractivity contribution is 6.10. The molecule has 1 aliphatic heterocycles. The van der Waals surface area contributed by atoms with Crippen LogP contribution < -0.4 is 10.2 Å². The van der Waals surface area contributed by atoms with E-state index in [1.54, 1.807) is 14.0 Å². The van der Waals surface area contributed by atoms with Gasteiger partial charge < -0.3 is 24.1 Å². The largest absolute Gasteiger partial charge is 0.442 e. The highest BCUT2D eigenvalue weighted by Gasteiger charge is 2.25. The number of amides is 1. The molecule has 1 saturated heterocycles. The van der Waals surface area contributed by atoms with Gasteiger partial charge in [-0.1, -0.05) is 0 Å². The van der Waals surface area contributed by atoms with E-state index in [0.29, 0.717) is 54.6 Å². The van der Waals surface area contributed by atoms with E-state index in [9.17, 15) is 4.79 Å². The molecule has 8 heteroatoms. The lowest BCUT2D eigenvalue weighted by atomic mass is 10.1. The fourth-order valence-electron chi connectivity index (χ4n) is 2.67. The van der Waals surface area contributed by atoms with Crippen LogP contribution in [-0.2, 0) is 9.47 Å². The first kappa shape index (κ1) is 15.7. The normalized spacial score (nSPS) is 15.1. The number of ether oxygens (including phenoxy) is 2. The van der Waals surface area contributed by atoms with Gasteiger partial charge in [-0.2, -0.15) is 0 Å². The summed E-state index contributed by atoms with van der Waals surface area (Å²) in [5.74, 6) is 1.04. The van der Waals surface area contributed by atoms with Crippen molar-refractivity contribution in [3.63, 3.8) is 0 Å². The van der Waals surface area contributed by atoms with Crippen molar-refractivity contribution in [1.29, 1.82) is 0 Å². The number of nitrogens with one attached hydrogen (secondary N) is 1. The van der Waals surface area contributed by atoms with Crippen LogP contribution in [0.2, 0.25) is 0 Å². The van der Waals surface area contributed by atoms with Crippen molar-refractivity contribution in [2.75, 3.05) is 51.5 Å². The summed E-state index contributed by atoms with van der Waals surface area (Å²) in [7, 11) is 1.59. The average molecular weight is 320 g/mol. The minimum absolute atomic E-state index is 0.206. The van der Waals surface area contributed by atoms with Gasteiger partial charge in [-0.05, 0) is 6.92 Å². The highest BCUT2D eigenvalue weighted by atomic mass is 16.5. The second-order valence-electron chi connectivity index (χ2n) is 5.26. The molecule has 0 spiro atoms. The minimum atomic E-state index is -0.206. The van der Waals surface area contributed by atoms with E-state index in [2.05, 4.69) is 20.2 Å². The Labute approximate surface area is 133 Å². The number of morpholine rings is 1. The Morgan fingerprint density at radius 1 is 1.39 bits per heavy atom. The molecule has 2 aromatic rings. The molecular formula is C15H20N4O4. The van der Waals surface area contributed by atoms with Crippen molar-refractivity contribution in [3.8, 4) is 0 Å². The number of carbonyl (C=O) groups is 1. The summed E-state index contributed by atoms with van der Waals surface area (Å²) >= 11 is 0. The van der Waals surface area contributed by atoms with Gasteiger partial charge in [0.15, 0.2) is 0 Å². The number of aryl methyl sites for hydroxylation is 1. The van der Waals surface area contributed by atoms with Crippen LogP contribution in [0.1, 0.15) is 16.1 Å². The number of anilines is 1. The number of hydrogen-bond acceptors (Lipinski definition) is 7. The zero-order chi connectivity index (χ0) is 16.2. The maximum Gasteiger partial charge on any atom is 0.255 e. The standard InChI is InChI=1S/C15H20N4O4/c1-10-11(14(20)16-3-6-21-2)12-13(17-9-18-15(12)23-10)19-4-7-22-8-5-19/h9H,3-8H2,1-2H3,(H,16,20). The van der Waals surface area contributed by atoms with Crippen molar-refractivity contribution in [3.05, 3.63) is 17.7 Å². The Kier molecular flexibility index (Phi) is 4.73. The fourth-order valence-corrected chi connectivity index (χ4v) is 2.67. The lowest BCUT2D eigenvalue weighted by molar-refractivity contribution is 0.0937. The lowest BCUT2D eigenvalue weighted by Gasteiger charge is -2.28. The molecule has 0 radical (unpaired) electrons. The van der Waals surface area contributed by atoms with Crippen LogP contribution in [-0.4, -0.2) is 62.4 Å². The molecule has 1 fully saturated rings. The topological polar surface area (TPSA) is 89.7 Å². The van der Waals surface area contributed by atoms with Gasteiger partial charge in [0.25, 0.3) is 5.91 Å². The first-order chi connectivity index (χ1) is 11.2. The van der Waals surface area contributed by atoms with E-state index < -0.39 is 0 Å². The van der Waals surface area contributed by atoms with Crippen molar-refractivity contribution in [1.82, 2.24) is 15.3 Å². The van der Waals surface area contributed by atoms with Crippen molar-refractivity contribution in [2.24, 2.45) is 0 Å². The molecule has 1 aliphatic rings. The number of fused-ring (bicyclic) bond motifs is 1. The fraction of sp³-hybridized carbons (Fsp3) is 0.533. The molecule has 23 heavy (non-hydrogen) atoms. The maximum atomic E-state index is 12.5. The molecule has 0 saturated carbocycles. The first-order valence-corrected chi connectivity index (χ1v) is 7.56. The van der Waals surface area contributed by atoms with Crippen molar-refractivity contribution in [2.45, 2.75) is 6.92 Å². The second-order valence-corrected chi connectivity index (χ2v) is 5.26. The van der Waals surface area contributed by atoms with E-state index in [4.69, 9.17) is 13.9 Å². The van der Waals surface area contributed by atoms with Crippen LogP contribution in [0.15, 0.2) is 10.7 Å². The minimum Gasteiger partial charge on any atom is -0.442 e. The molecule has 3 rings (SSSR count). The van der Waals surface area contributed by atoms with Gasteiger partial charge in [0.2, 0.25) is 5.71 Å². The van der Waals surface area contributed by atoms with Crippen LogP contribution in [0, 0.1) is 6.92 Å². The van der Waals surface area contributed by atoms with Gasteiger partial charge in [-0.15, -0.1) is 0 Å². The molecule has 124 valence electrons. The number of rotatable bonds is 5. The number of carbonyl (C=O) groups excluding carboxylic acids is 1. The molecule has 1 amide bonds. The van der Waals surface area contributed by atoms with Gasteiger partial charge in [-0.25, -0.2) is 9.97 Å². The molecule has 0 atom stereocenters. The predicted molar refractivity (Wildman–Crippen MR) is 83.8 cm³/mol. The summed E-state index contributed by atoms with van der Waals surface area (Å²) in [5.41, 5.74) is 0.911. The summed E-state index contributed by atoms with van der Waals surface area (Å²) in [6.07, 6.45) is 1.46. The van der Waals surface area contributed by atoms with Gasteiger partial charge >= 0.3 is 0 Å². The Morgan fingerprint density at radius 2 is 2.17 bits per heavy atom. The Morgan fingerprint density at radius 3 is 2.91 bits per heavy atom. The smallest absolute Gasteiger partial charge is 0.255 e. The summed E-state index contributed by atoms with van der Waals surface area (Å²) < 4.78 is 16.0. The average Bonchev–Trinajstić information content (AvgIpc) is 2.91. The number of nitrogens with zero attached hydrogens (tertiary/aromatic N) is 3. The Balaban J connectivity index is 1.99. The third kappa shape index (κ3) is 3.13. The number of hydrogen-bond donors (Lipinski definition) is 1. The summed E-state index contributed by atoms with van der Waals surface area (Å²) in [6.45, 7) is 5.36. The molecule has 0 unspecified atom stereocenters. The molecule has 3 heterocycles. The zero-order valence-corrected chi connectivity index (χ0v) is 13.3. The van der Waals surface area contributed by atoms with Gasteiger partial charge in [0.05, 0.1) is 30.8 Å². The van der Waals surface area contributed by atoms with E-state index in [-0.39, 0.29) is 5.91 Å². The highest BCUT2D eigenvalue weighted by Crippen LogP contribution is 2.31. The Hall–Kier alpha value is -2.19. The molecule has 0 bridgehead atoms. The lowest BCUT2D eigenvalue weighted by Crippen LogP contribution is -2.37. The van der Waals surface area contributed by atoms with E-state index in [0.717, 1.165) is 13.1 Å². The molecule has 8 nitrogen and oxygen atoms in total. The Bertz CT molecular complexity index is 694. The van der Waals surface area contributed by atoms with Crippen LogP contribution >= 0.6 is 0 Å². The molecule has 0 aromatic carbocycles. The SMILES string of the molecule is COCCNC(=O)c1c(C)oc2ncnc(N3CCOCC3)c12. The second kappa shape index (κ2) is 6.93. The number of furan rings is 1. The summed E-state index contributed by atoms with van der Waals surface area (Å²) in [5, 5.41) is 3.48. The van der Waals surface area contributed by atoms with Crippen LogP contribution in [0.4, 0.5) is 5.82 Å². The van der Waals surface area contributed by atoms with Crippen LogP contribution in [0.5, 0.6) is 0 Å². The quantitative estimate of drug-likeness (QED) is 0.813. The summed E-state index contributed by atoms with van der Waals surface area (Å²) in [6, 6.07) is 0. The van der Waals surface area contributed by atoms with Crippen molar-refractivity contribution >= 4 is 22.8 Å². The van der Waals surface area contributed by atoms with Gasteiger partial charge in [-0.3, -0.25) is 4.79 Å². The molecule has 0 aliphatic carbocycles. The van der Waals surface area contributed by atoms with Crippen LogP contribution in [0.3, 0.4) is 0 Å². The van der Waals surface area contributed by atoms with Crippen molar-refractivity contribution < 1.29 is 18.7 Å². The first-order valence-electron chi connectivity index (χ1n) is 7.56. The third-order valence-corrected chi connectivity index (χ3v) is 3.77. The van der Waals surface area contributed by atoms with E-state index in [1.165, 1.54) is 6.33 Å². The maximum absolute atomic E-state index is 12.5. The molecule has 1 N–H and O–H groups in total. The predicted octanol–water partition coefficient (Wildman–Crippen LogP) is 0.744. The third-order valence-electron chi connectivity index (χ3n) is 3.77. The molecule has 2 aromatic heterocycles. The number of methoxy groups -OCH3 is 1. The van der Waals surface area contributed by atoms with Gasteiger partial charge in [0.1, 0.15) is 17.9 Å². The number of aromatic nitrogens is 2. The van der Waals surface area contributed by atoms with E-state index >= 15 is 0 Å². The van der Waals surface area contributed by atoms with E-state index in [1.807, 2.05) is 0 Å². The summed E-state index contributed by atoms with van der Waals surface area (Å²) in [4.78, 5) is 23.2. The van der Waals surface area contributed by atoms with Gasteiger partial charge in [0, 0.05) is 26.7 Å². The zero-order valence-electron chi connectivity index (χ0n) is 13.3.